The van der Waals surface area contributed by atoms with E-state index in [-0.39, 0.29) is 36.1 Å². The number of amides is 1. The van der Waals surface area contributed by atoms with Gasteiger partial charge in [-0.1, -0.05) is 52.3 Å². The average Bonchev–Trinajstić information content (AvgIpc) is 3.29. The van der Waals surface area contributed by atoms with Gasteiger partial charge in [0.1, 0.15) is 11.3 Å². The molecule has 0 fully saturated rings. The largest absolute Gasteiger partial charge is 0.496 e. The molecule has 8 nitrogen and oxygen atoms in total. The van der Waals surface area contributed by atoms with Crippen LogP contribution in [-0.4, -0.2) is 47.7 Å². The molecule has 0 atom stereocenters. The summed E-state index contributed by atoms with van der Waals surface area (Å²) in [6.45, 7) is 0.207. The van der Waals surface area contributed by atoms with Crippen LogP contribution in [0.15, 0.2) is 71.3 Å². The van der Waals surface area contributed by atoms with Crippen LogP contribution in [0.3, 0.4) is 0 Å². The molecule has 9 heteroatoms. The quantitative estimate of drug-likeness (QED) is 0.278. The smallest absolute Gasteiger partial charge is 0.339 e. The zero-order valence-electron chi connectivity index (χ0n) is 19.8. The van der Waals surface area contributed by atoms with Crippen molar-refractivity contribution in [2.24, 2.45) is 0 Å². The first-order valence-corrected chi connectivity index (χ1v) is 11.9. The van der Waals surface area contributed by atoms with E-state index in [1.807, 2.05) is 54.7 Å². The second-order valence-corrected chi connectivity index (χ2v) is 8.92. The predicted octanol–water partition coefficient (Wildman–Crippen LogP) is 5.25. The lowest BCUT2D eigenvalue weighted by Crippen LogP contribution is -2.34. The third-order valence-corrected chi connectivity index (χ3v) is 6.21. The highest BCUT2D eigenvalue weighted by Gasteiger charge is 2.23. The van der Waals surface area contributed by atoms with Crippen LogP contribution in [0.1, 0.15) is 21.5 Å². The minimum atomic E-state index is -1.19. The van der Waals surface area contributed by atoms with Crippen molar-refractivity contribution in [2.75, 3.05) is 20.8 Å². The molecule has 0 unspecified atom stereocenters. The van der Waals surface area contributed by atoms with E-state index >= 15 is 0 Å². The number of nitrogens with zero attached hydrogens (tertiary/aromatic N) is 1. The van der Waals surface area contributed by atoms with E-state index in [0.717, 1.165) is 22.0 Å². The first-order valence-electron chi connectivity index (χ1n) is 11.1. The van der Waals surface area contributed by atoms with E-state index in [1.165, 1.54) is 13.2 Å². The highest BCUT2D eigenvalue weighted by molar-refractivity contribution is 9.10. The van der Waals surface area contributed by atoms with E-state index < -0.39 is 5.97 Å². The van der Waals surface area contributed by atoms with Crippen LogP contribution >= 0.6 is 15.9 Å². The third-order valence-electron chi connectivity index (χ3n) is 5.75. The zero-order chi connectivity index (χ0) is 25.7. The Morgan fingerprint density at radius 1 is 0.944 bits per heavy atom. The van der Waals surface area contributed by atoms with Crippen LogP contribution < -0.4 is 14.2 Å². The maximum Gasteiger partial charge on any atom is 0.339 e. The Bertz CT molecular complexity index is 1400. The number of halogens is 1. The summed E-state index contributed by atoms with van der Waals surface area (Å²) in [6.07, 6.45) is 1.88. The maximum atomic E-state index is 13.5. The Kier molecular flexibility index (Phi) is 7.80. The van der Waals surface area contributed by atoms with Crippen molar-refractivity contribution >= 4 is 38.7 Å². The number of aromatic carboxylic acids is 1. The Hall–Kier alpha value is -3.98. The van der Waals surface area contributed by atoms with Gasteiger partial charge >= 0.3 is 5.97 Å². The zero-order valence-corrected chi connectivity index (χ0v) is 21.4. The molecular weight excluding hydrogens is 528 g/mol. The van der Waals surface area contributed by atoms with Gasteiger partial charge in [-0.25, -0.2) is 4.79 Å². The van der Waals surface area contributed by atoms with Crippen molar-refractivity contribution < 1.29 is 28.9 Å². The predicted molar refractivity (Wildman–Crippen MR) is 139 cm³/mol. The number of para-hydroxylation sites is 2. The number of hydrogen-bond acceptors (Lipinski definition) is 5. The van der Waals surface area contributed by atoms with Gasteiger partial charge in [0.05, 0.1) is 14.2 Å². The molecule has 1 aromatic heterocycles. The molecule has 3 aromatic carbocycles. The summed E-state index contributed by atoms with van der Waals surface area (Å²) in [6, 6.07) is 18.3. The van der Waals surface area contributed by atoms with Gasteiger partial charge in [-0.3, -0.25) is 4.79 Å². The summed E-state index contributed by atoms with van der Waals surface area (Å²) in [5.74, 6) is -0.652. The number of fused-ring (bicyclic) bond motifs is 1. The third kappa shape index (κ3) is 5.46. The number of aromatic nitrogens is 1. The van der Waals surface area contributed by atoms with Gasteiger partial charge in [-0.05, 0) is 29.8 Å². The molecule has 1 amide bonds. The van der Waals surface area contributed by atoms with E-state index in [0.29, 0.717) is 16.8 Å². The molecule has 0 aliphatic carbocycles. The molecule has 4 rings (SSSR count). The lowest BCUT2D eigenvalue weighted by molar-refractivity contribution is -0.134. The molecule has 2 N–H and O–H groups in total. The van der Waals surface area contributed by atoms with Crippen molar-refractivity contribution in [2.45, 2.75) is 13.1 Å². The van der Waals surface area contributed by atoms with E-state index in [2.05, 4.69) is 20.9 Å². The highest BCUT2D eigenvalue weighted by Crippen LogP contribution is 2.35. The molecule has 0 saturated carbocycles. The summed E-state index contributed by atoms with van der Waals surface area (Å²) >= 11 is 3.27. The molecular formula is C27H25BrN2O6. The second kappa shape index (κ2) is 11.2. The first-order chi connectivity index (χ1) is 17.4. The normalized spacial score (nSPS) is 10.8. The number of methoxy groups -OCH3 is 2. The molecule has 1 heterocycles. The minimum Gasteiger partial charge on any atom is -0.496 e. The van der Waals surface area contributed by atoms with Gasteiger partial charge < -0.3 is 29.2 Å². The lowest BCUT2D eigenvalue weighted by atomic mass is 10.1. The molecule has 0 aliphatic heterocycles. The van der Waals surface area contributed by atoms with E-state index in [9.17, 15) is 14.7 Å². The number of hydrogen-bond donors (Lipinski definition) is 2. The Balaban J connectivity index is 1.63. The number of carbonyl (C=O) groups excluding carboxylic acids is 1. The summed E-state index contributed by atoms with van der Waals surface area (Å²) < 4.78 is 17.1. The van der Waals surface area contributed by atoms with Crippen LogP contribution in [-0.2, 0) is 17.9 Å². The average molecular weight is 553 g/mol. The lowest BCUT2D eigenvalue weighted by Gasteiger charge is -2.24. The molecule has 0 spiro atoms. The van der Waals surface area contributed by atoms with Crippen LogP contribution in [0.2, 0.25) is 0 Å². The monoisotopic (exact) mass is 552 g/mol. The number of benzene rings is 3. The summed E-state index contributed by atoms with van der Waals surface area (Å²) in [5.41, 5.74) is 2.64. The first kappa shape index (κ1) is 25.1. The van der Waals surface area contributed by atoms with E-state index in [4.69, 9.17) is 14.2 Å². The van der Waals surface area contributed by atoms with E-state index in [1.54, 1.807) is 18.1 Å². The van der Waals surface area contributed by atoms with Gasteiger partial charge in [0.25, 0.3) is 5.91 Å². The number of ether oxygens (including phenoxy) is 3. The number of rotatable bonds is 10. The molecule has 36 heavy (non-hydrogen) atoms. The van der Waals surface area contributed by atoms with Crippen LogP contribution in [0.5, 0.6) is 17.2 Å². The molecule has 0 aliphatic rings. The highest BCUT2D eigenvalue weighted by atomic mass is 79.9. The van der Waals surface area contributed by atoms with Crippen molar-refractivity contribution in [3.8, 4) is 17.2 Å². The van der Waals surface area contributed by atoms with Gasteiger partial charge in [0.15, 0.2) is 18.1 Å². The molecule has 0 bridgehead atoms. The fourth-order valence-corrected chi connectivity index (χ4v) is 4.43. The maximum absolute atomic E-state index is 13.5. The SMILES string of the molecule is COc1ccccc1CN(Cc1c[nH]c2ccccc12)C(=O)COc1c(OC)cc(Br)cc1C(=O)O. The number of H-pyrrole nitrogens is 1. The van der Waals surface area contributed by atoms with Crippen molar-refractivity contribution in [1.82, 2.24) is 9.88 Å². The van der Waals surface area contributed by atoms with Crippen LogP contribution in [0.25, 0.3) is 10.9 Å². The van der Waals surface area contributed by atoms with Gasteiger partial charge in [-0.15, -0.1) is 0 Å². The van der Waals surface area contributed by atoms with Gasteiger partial charge in [0, 0.05) is 40.2 Å². The van der Waals surface area contributed by atoms with Gasteiger partial charge in [0.2, 0.25) is 0 Å². The summed E-state index contributed by atoms with van der Waals surface area (Å²) in [7, 11) is 2.99. The number of carboxylic acid groups (broad SMARTS) is 1. The van der Waals surface area contributed by atoms with Crippen molar-refractivity contribution in [3.63, 3.8) is 0 Å². The Labute approximate surface area is 216 Å². The Morgan fingerprint density at radius 3 is 2.39 bits per heavy atom. The Morgan fingerprint density at radius 2 is 1.64 bits per heavy atom. The topological polar surface area (TPSA) is 101 Å². The summed E-state index contributed by atoms with van der Waals surface area (Å²) in [4.78, 5) is 30.2. The fourth-order valence-electron chi connectivity index (χ4n) is 3.99. The molecule has 0 radical (unpaired) electrons. The van der Waals surface area contributed by atoms with Crippen LogP contribution in [0.4, 0.5) is 0 Å². The second-order valence-electron chi connectivity index (χ2n) is 8.00. The molecule has 0 saturated heterocycles. The number of nitrogens with one attached hydrogen (secondary N) is 1. The fraction of sp³-hybridized carbons (Fsp3) is 0.185. The number of carboxylic acids is 1. The number of carbonyl (C=O) groups is 2. The summed E-state index contributed by atoms with van der Waals surface area (Å²) in [5, 5.41) is 10.7. The molecule has 186 valence electrons. The van der Waals surface area contributed by atoms with Crippen molar-refractivity contribution in [1.29, 1.82) is 0 Å². The van der Waals surface area contributed by atoms with Gasteiger partial charge in [-0.2, -0.15) is 0 Å². The van der Waals surface area contributed by atoms with Crippen LogP contribution in [0, 0.1) is 0 Å². The number of aromatic amines is 1. The molecule has 4 aromatic rings. The minimum absolute atomic E-state index is 0.00844. The van der Waals surface area contributed by atoms with Crippen molar-refractivity contribution in [3.05, 3.63) is 88.0 Å². The standard InChI is InChI=1S/C27H25BrN2O6/c1-34-23-10-6-3-7-17(23)14-30(15-18-13-29-22-9-5-4-8-20(18)22)25(31)16-36-26-21(27(32)33)11-19(28)12-24(26)35-2/h3-13,29H,14-16H2,1-2H3,(H,32,33).